The van der Waals surface area contributed by atoms with Crippen LogP contribution in [-0.4, -0.2) is 73.4 Å². The molecule has 1 aliphatic carbocycles. The SMILES string of the molecule is O=C/C(=C\c1ccc(O)c(O)c1)CO[C@@H]1C[C@@](O)(C(=O)O)C[C@@H](O)[C@@H]1O. The number of ether oxygens (including phenoxy) is 1. The molecule has 26 heavy (non-hydrogen) atoms. The van der Waals surface area contributed by atoms with Crippen molar-refractivity contribution in [3.63, 3.8) is 0 Å². The number of phenols is 2. The molecule has 0 heterocycles. The van der Waals surface area contributed by atoms with Gasteiger partial charge in [0.2, 0.25) is 0 Å². The molecule has 2 rings (SSSR count). The van der Waals surface area contributed by atoms with Crippen LogP contribution in [-0.2, 0) is 14.3 Å². The van der Waals surface area contributed by atoms with Gasteiger partial charge in [-0.3, -0.25) is 4.79 Å². The van der Waals surface area contributed by atoms with Crippen molar-refractivity contribution in [3.05, 3.63) is 29.3 Å². The van der Waals surface area contributed by atoms with Crippen molar-refractivity contribution in [3.8, 4) is 11.5 Å². The molecule has 9 heteroatoms. The molecule has 0 bridgehead atoms. The highest BCUT2D eigenvalue weighted by Gasteiger charge is 2.49. The fourth-order valence-electron chi connectivity index (χ4n) is 2.74. The lowest BCUT2D eigenvalue weighted by molar-refractivity contribution is -0.192. The first-order chi connectivity index (χ1) is 12.2. The Labute approximate surface area is 148 Å². The second kappa shape index (κ2) is 7.83. The van der Waals surface area contributed by atoms with Crippen LogP contribution in [0, 0.1) is 0 Å². The zero-order chi connectivity index (χ0) is 19.5. The van der Waals surface area contributed by atoms with E-state index in [-0.39, 0.29) is 23.7 Å². The number of aliphatic hydroxyl groups excluding tert-OH is 2. The molecule has 0 spiro atoms. The molecular formula is C17H20O9. The molecule has 1 aromatic carbocycles. The summed E-state index contributed by atoms with van der Waals surface area (Å²) in [6.07, 6.45) is -3.26. The van der Waals surface area contributed by atoms with E-state index in [9.17, 15) is 35.1 Å². The molecule has 0 aliphatic heterocycles. The van der Waals surface area contributed by atoms with Crippen LogP contribution in [0.25, 0.3) is 6.08 Å². The van der Waals surface area contributed by atoms with Crippen LogP contribution in [0.3, 0.4) is 0 Å². The number of carbonyl (C=O) groups is 2. The average Bonchev–Trinajstić information content (AvgIpc) is 2.58. The minimum atomic E-state index is -2.24. The van der Waals surface area contributed by atoms with Crippen LogP contribution >= 0.6 is 0 Å². The number of carboxylic acids is 1. The molecule has 6 N–H and O–H groups in total. The van der Waals surface area contributed by atoms with Crippen LogP contribution in [0.5, 0.6) is 11.5 Å². The summed E-state index contributed by atoms with van der Waals surface area (Å²) in [5.74, 6) is -2.23. The smallest absolute Gasteiger partial charge is 0.335 e. The summed E-state index contributed by atoms with van der Waals surface area (Å²) in [7, 11) is 0. The summed E-state index contributed by atoms with van der Waals surface area (Å²) in [6, 6.07) is 3.90. The number of hydrogen-bond donors (Lipinski definition) is 6. The molecule has 1 fully saturated rings. The minimum Gasteiger partial charge on any atom is -0.504 e. The van der Waals surface area contributed by atoms with E-state index in [4.69, 9.17) is 9.84 Å². The Morgan fingerprint density at radius 3 is 2.50 bits per heavy atom. The average molecular weight is 368 g/mol. The number of aliphatic carboxylic acids is 1. The molecule has 1 saturated carbocycles. The second-order valence-corrected chi connectivity index (χ2v) is 6.24. The van der Waals surface area contributed by atoms with Gasteiger partial charge in [0.05, 0.1) is 18.8 Å². The van der Waals surface area contributed by atoms with Crippen LogP contribution in [0.4, 0.5) is 0 Å². The van der Waals surface area contributed by atoms with E-state index in [1.54, 1.807) is 0 Å². The highest BCUT2D eigenvalue weighted by atomic mass is 16.5. The molecule has 0 saturated heterocycles. The van der Waals surface area contributed by atoms with Gasteiger partial charge in [-0.15, -0.1) is 0 Å². The highest BCUT2D eigenvalue weighted by Crippen LogP contribution is 2.31. The first-order valence-corrected chi connectivity index (χ1v) is 7.77. The lowest BCUT2D eigenvalue weighted by Crippen LogP contribution is -2.56. The van der Waals surface area contributed by atoms with Gasteiger partial charge in [-0.25, -0.2) is 4.79 Å². The molecule has 1 aromatic rings. The first-order valence-electron chi connectivity index (χ1n) is 7.77. The van der Waals surface area contributed by atoms with Crippen LogP contribution < -0.4 is 0 Å². The minimum absolute atomic E-state index is 0.0983. The van der Waals surface area contributed by atoms with E-state index in [2.05, 4.69) is 0 Å². The number of carbonyl (C=O) groups excluding carboxylic acids is 1. The Hall–Kier alpha value is -2.46. The molecule has 0 radical (unpaired) electrons. The van der Waals surface area contributed by atoms with Crippen molar-refractivity contribution in [2.45, 2.75) is 36.8 Å². The molecule has 142 valence electrons. The fourth-order valence-corrected chi connectivity index (χ4v) is 2.74. The van der Waals surface area contributed by atoms with Gasteiger partial charge in [-0.1, -0.05) is 6.07 Å². The van der Waals surface area contributed by atoms with E-state index in [0.717, 1.165) is 0 Å². The third kappa shape index (κ3) is 4.38. The molecule has 0 unspecified atom stereocenters. The van der Waals surface area contributed by atoms with E-state index < -0.39 is 42.7 Å². The third-order valence-corrected chi connectivity index (χ3v) is 4.23. The Bertz CT molecular complexity index is 714. The van der Waals surface area contributed by atoms with Gasteiger partial charge in [0, 0.05) is 18.4 Å². The normalized spacial score (nSPS) is 29.3. The van der Waals surface area contributed by atoms with Crippen molar-refractivity contribution in [2.75, 3.05) is 6.61 Å². The Morgan fingerprint density at radius 2 is 1.92 bits per heavy atom. The van der Waals surface area contributed by atoms with Gasteiger partial charge >= 0.3 is 5.97 Å². The topological polar surface area (TPSA) is 165 Å². The Kier molecular flexibility index (Phi) is 5.98. The number of benzene rings is 1. The maximum absolute atomic E-state index is 11.2. The molecule has 4 atom stereocenters. The van der Waals surface area contributed by atoms with Crippen molar-refractivity contribution in [1.82, 2.24) is 0 Å². The number of rotatable bonds is 6. The number of aliphatic hydroxyl groups is 3. The number of hydrogen-bond acceptors (Lipinski definition) is 8. The van der Waals surface area contributed by atoms with Gasteiger partial charge in [0.1, 0.15) is 12.4 Å². The van der Waals surface area contributed by atoms with E-state index in [1.807, 2.05) is 0 Å². The predicted molar refractivity (Wildman–Crippen MR) is 87.4 cm³/mol. The van der Waals surface area contributed by atoms with Crippen molar-refractivity contribution in [2.24, 2.45) is 0 Å². The second-order valence-electron chi connectivity index (χ2n) is 6.24. The lowest BCUT2D eigenvalue weighted by atomic mass is 9.79. The number of aromatic hydroxyl groups is 2. The van der Waals surface area contributed by atoms with Crippen molar-refractivity contribution in [1.29, 1.82) is 0 Å². The van der Waals surface area contributed by atoms with Crippen LogP contribution in [0.1, 0.15) is 18.4 Å². The Morgan fingerprint density at radius 1 is 1.23 bits per heavy atom. The van der Waals surface area contributed by atoms with E-state index in [1.165, 1.54) is 24.3 Å². The zero-order valence-electron chi connectivity index (χ0n) is 13.6. The summed E-state index contributed by atoms with van der Waals surface area (Å²) >= 11 is 0. The van der Waals surface area contributed by atoms with Gasteiger partial charge in [0.25, 0.3) is 0 Å². The molecule has 0 aromatic heterocycles. The molecule has 1 aliphatic rings. The van der Waals surface area contributed by atoms with Crippen LogP contribution in [0.2, 0.25) is 0 Å². The highest BCUT2D eigenvalue weighted by molar-refractivity contribution is 5.82. The lowest BCUT2D eigenvalue weighted by Gasteiger charge is -2.39. The summed E-state index contributed by atoms with van der Waals surface area (Å²) in [5, 5.41) is 57.5. The summed E-state index contributed by atoms with van der Waals surface area (Å²) in [4.78, 5) is 22.4. The van der Waals surface area contributed by atoms with Gasteiger partial charge in [-0.05, 0) is 23.8 Å². The Balaban J connectivity index is 2.10. The summed E-state index contributed by atoms with van der Waals surface area (Å²) in [6.45, 7) is -0.324. The summed E-state index contributed by atoms with van der Waals surface area (Å²) < 4.78 is 5.35. The molecule has 0 amide bonds. The summed E-state index contributed by atoms with van der Waals surface area (Å²) in [5.41, 5.74) is -1.74. The van der Waals surface area contributed by atoms with Gasteiger partial charge < -0.3 is 35.4 Å². The largest absolute Gasteiger partial charge is 0.504 e. The van der Waals surface area contributed by atoms with Crippen molar-refractivity contribution >= 4 is 18.3 Å². The van der Waals surface area contributed by atoms with Crippen molar-refractivity contribution < 1.29 is 45.0 Å². The van der Waals surface area contributed by atoms with E-state index in [0.29, 0.717) is 11.8 Å². The fraction of sp³-hybridized carbons (Fsp3) is 0.412. The van der Waals surface area contributed by atoms with Crippen LogP contribution in [0.15, 0.2) is 23.8 Å². The standard InChI is InChI=1S/C17H20O9/c18-7-10(3-9-1-2-11(19)12(20)4-9)8-26-14-6-17(25,16(23)24)5-13(21)15(14)22/h1-4,7,13-15,19-22,25H,5-6,8H2,(H,23,24)/b10-3+/t13-,14-,15+,17-/m1/s1. The van der Waals surface area contributed by atoms with E-state index >= 15 is 0 Å². The van der Waals surface area contributed by atoms with Gasteiger partial charge in [-0.2, -0.15) is 0 Å². The maximum atomic E-state index is 11.2. The number of carboxylic acid groups (broad SMARTS) is 1. The zero-order valence-corrected chi connectivity index (χ0v) is 13.6. The third-order valence-electron chi connectivity index (χ3n) is 4.23. The molecular weight excluding hydrogens is 348 g/mol. The first kappa shape index (κ1) is 19.9. The monoisotopic (exact) mass is 368 g/mol. The quantitative estimate of drug-likeness (QED) is 0.218. The number of aldehydes is 1. The molecule has 9 nitrogen and oxygen atoms in total. The predicted octanol–water partition coefficient (Wildman–Crippen LogP) is -0.603. The number of phenolic OH excluding ortho intramolecular Hbond substituents is 2. The maximum Gasteiger partial charge on any atom is 0.335 e. The van der Waals surface area contributed by atoms with Gasteiger partial charge in [0.15, 0.2) is 17.1 Å².